The van der Waals surface area contributed by atoms with Gasteiger partial charge >= 0.3 is 0 Å². The number of benzene rings is 2. The maximum atomic E-state index is 13.7. The molecule has 1 fully saturated rings. The van der Waals surface area contributed by atoms with Crippen LogP contribution in [0, 0.1) is 19.7 Å². The number of aryl methyl sites for hydroxylation is 2. The Balaban J connectivity index is 1.34. The molecule has 0 spiro atoms. The number of carbonyl (C=O) groups excluding carboxylic acids is 1. The highest BCUT2D eigenvalue weighted by Crippen LogP contribution is 2.20. The number of anilines is 3. The maximum Gasteiger partial charge on any atom is 0.260 e. The molecule has 1 aliphatic rings. The number of ether oxygens (including phenoxy) is 1. The average molecular weight is 436 g/mol. The van der Waals surface area contributed by atoms with E-state index in [1.807, 2.05) is 44.2 Å². The van der Waals surface area contributed by atoms with Gasteiger partial charge in [-0.1, -0.05) is 29.8 Å². The summed E-state index contributed by atoms with van der Waals surface area (Å²) in [6.07, 6.45) is 0. The van der Waals surface area contributed by atoms with E-state index in [2.05, 4.69) is 20.2 Å². The zero-order valence-electron chi connectivity index (χ0n) is 18.2. The van der Waals surface area contributed by atoms with Crippen molar-refractivity contribution in [2.24, 2.45) is 0 Å². The van der Waals surface area contributed by atoms with E-state index >= 15 is 0 Å². The van der Waals surface area contributed by atoms with E-state index < -0.39 is 5.82 Å². The molecule has 0 radical (unpaired) electrons. The van der Waals surface area contributed by atoms with Crippen molar-refractivity contribution in [3.63, 3.8) is 0 Å². The number of para-hydroxylation sites is 1. The standard InChI is InChI=1S/C24H26FN5O2/c1-17-7-9-19(10-8-17)27-22-15-18(2)26-24(28-22)30-13-11-29(12-14-30)23(31)16-32-21-6-4-3-5-20(21)25/h3-10,15H,11-14,16H2,1-2H3,(H,26,27,28). The molecule has 0 aliphatic carbocycles. The van der Waals surface area contributed by atoms with E-state index in [-0.39, 0.29) is 18.3 Å². The van der Waals surface area contributed by atoms with Gasteiger partial charge in [-0.05, 0) is 38.1 Å². The second kappa shape index (κ2) is 9.64. The minimum atomic E-state index is -0.475. The quantitative estimate of drug-likeness (QED) is 0.637. The Kier molecular flexibility index (Phi) is 6.49. The van der Waals surface area contributed by atoms with Crippen LogP contribution in [-0.4, -0.2) is 53.6 Å². The Morgan fingerprint density at radius 2 is 1.75 bits per heavy atom. The van der Waals surface area contributed by atoms with Gasteiger partial charge in [-0.2, -0.15) is 4.98 Å². The van der Waals surface area contributed by atoms with Gasteiger partial charge < -0.3 is 19.9 Å². The molecule has 2 heterocycles. The molecule has 1 amide bonds. The summed E-state index contributed by atoms with van der Waals surface area (Å²) >= 11 is 0. The first-order chi connectivity index (χ1) is 15.5. The van der Waals surface area contributed by atoms with Crippen LogP contribution in [0.2, 0.25) is 0 Å². The third kappa shape index (κ3) is 5.32. The number of rotatable bonds is 6. The van der Waals surface area contributed by atoms with Crippen LogP contribution < -0.4 is 15.0 Å². The summed E-state index contributed by atoms with van der Waals surface area (Å²) in [5, 5.41) is 3.33. The van der Waals surface area contributed by atoms with E-state index in [0.29, 0.717) is 32.1 Å². The molecule has 3 aromatic rings. The van der Waals surface area contributed by atoms with Crippen LogP contribution >= 0.6 is 0 Å². The minimum absolute atomic E-state index is 0.0845. The molecule has 0 atom stereocenters. The second-order valence-electron chi connectivity index (χ2n) is 7.77. The van der Waals surface area contributed by atoms with Crippen molar-refractivity contribution in [1.29, 1.82) is 0 Å². The third-order valence-corrected chi connectivity index (χ3v) is 5.27. The molecule has 0 bridgehead atoms. The lowest BCUT2D eigenvalue weighted by molar-refractivity contribution is -0.133. The summed E-state index contributed by atoms with van der Waals surface area (Å²) < 4.78 is 19.0. The number of hydrogen-bond acceptors (Lipinski definition) is 6. The van der Waals surface area contributed by atoms with Crippen LogP contribution in [0.3, 0.4) is 0 Å². The topological polar surface area (TPSA) is 70.6 Å². The van der Waals surface area contributed by atoms with Crippen molar-refractivity contribution >= 4 is 23.4 Å². The van der Waals surface area contributed by atoms with Crippen molar-refractivity contribution in [2.75, 3.05) is 43.0 Å². The van der Waals surface area contributed by atoms with Crippen molar-refractivity contribution in [3.8, 4) is 5.75 Å². The fourth-order valence-electron chi connectivity index (χ4n) is 3.49. The first-order valence-electron chi connectivity index (χ1n) is 10.6. The summed E-state index contributed by atoms with van der Waals surface area (Å²) in [5.74, 6) is 0.806. The molecular formula is C24H26FN5O2. The van der Waals surface area contributed by atoms with Gasteiger partial charge in [0.05, 0.1) is 0 Å². The van der Waals surface area contributed by atoms with Gasteiger partial charge in [0, 0.05) is 43.6 Å². The summed E-state index contributed by atoms with van der Waals surface area (Å²) in [7, 11) is 0. The summed E-state index contributed by atoms with van der Waals surface area (Å²) in [6.45, 7) is 6.07. The first-order valence-corrected chi connectivity index (χ1v) is 10.6. The molecule has 32 heavy (non-hydrogen) atoms. The van der Waals surface area contributed by atoms with Crippen LogP contribution in [0.4, 0.5) is 21.8 Å². The number of nitrogens with one attached hydrogen (secondary N) is 1. The summed E-state index contributed by atoms with van der Waals surface area (Å²) in [5.41, 5.74) is 3.02. The maximum absolute atomic E-state index is 13.7. The van der Waals surface area contributed by atoms with Gasteiger partial charge in [-0.15, -0.1) is 0 Å². The van der Waals surface area contributed by atoms with Crippen molar-refractivity contribution in [3.05, 3.63) is 71.7 Å². The number of hydrogen-bond donors (Lipinski definition) is 1. The van der Waals surface area contributed by atoms with Gasteiger partial charge in [0.1, 0.15) is 5.82 Å². The first kappa shape index (κ1) is 21.5. The molecule has 166 valence electrons. The Morgan fingerprint density at radius 3 is 2.47 bits per heavy atom. The van der Waals surface area contributed by atoms with Crippen molar-refractivity contribution < 1.29 is 13.9 Å². The molecule has 4 rings (SSSR count). The monoisotopic (exact) mass is 435 g/mol. The van der Waals surface area contributed by atoms with E-state index in [1.54, 1.807) is 17.0 Å². The predicted molar refractivity (Wildman–Crippen MR) is 122 cm³/mol. The van der Waals surface area contributed by atoms with Gasteiger partial charge in [0.2, 0.25) is 5.95 Å². The molecule has 0 saturated carbocycles. The lowest BCUT2D eigenvalue weighted by Gasteiger charge is -2.34. The summed E-state index contributed by atoms with van der Waals surface area (Å²) in [6, 6.07) is 16.1. The molecular weight excluding hydrogens is 409 g/mol. The number of halogens is 1. The fraction of sp³-hybridized carbons (Fsp3) is 0.292. The van der Waals surface area contributed by atoms with E-state index in [4.69, 9.17) is 4.74 Å². The van der Waals surface area contributed by atoms with Crippen molar-refractivity contribution in [1.82, 2.24) is 14.9 Å². The normalized spacial score (nSPS) is 13.7. The molecule has 1 aliphatic heterocycles. The van der Waals surface area contributed by atoms with Crippen molar-refractivity contribution in [2.45, 2.75) is 13.8 Å². The van der Waals surface area contributed by atoms with Crippen LogP contribution in [0.25, 0.3) is 0 Å². The number of piperazine rings is 1. The SMILES string of the molecule is Cc1ccc(Nc2cc(C)nc(N3CCN(C(=O)COc4ccccc4F)CC3)n2)cc1. The molecule has 1 N–H and O–H groups in total. The van der Waals surface area contributed by atoms with E-state index in [9.17, 15) is 9.18 Å². The van der Waals surface area contributed by atoms with E-state index in [1.165, 1.54) is 17.7 Å². The highest BCUT2D eigenvalue weighted by atomic mass is 19.1. The molecule has 0 unspecified atom stereocenters. The zero-order valence-corrected chi connectivity index (χ0v) is 18.2. The van der Waals surface area contributed by atoms with Gasteiger partial charge in [-0.25, -0.2) is 9.37 Å². The third-order valence-electron chi connectivity index (χ3n) is 5.27. The van der Waals surface area contributed by atoms with E-state index in [0.717, 1.165) is 17.2 Å². The largest absolute Gasteiger partial charge is 0.481 e. The van der Waals surface area contributed by atoms with Crippen LogP contribution in [0.5, 0.6) is 5.75 Å². The van der Waals surface area contributed by atoms with Crippen LogP contribution in [0.1, 0.15) is 11.3 Å². The fourth-order valence-corrected chi connectivity index (χ4v) is 3.49. The van der Waals surface area contributed by atoms with Gasteiger partial charge in [-0.3, -0.25) is 4.79 Å². The highest BCUT2D eigenvalue weighted by molar-refractivity contribution is 5.78. The molecule has 2 aromatic carbocycles. The number of nitrogens with zero attached hydrogens (tertiary/aromatic N) is 4. The molecule has 1 saturated heterocycles. The average Bonchev–Trinajstić information content (AvgIpc) is 2.79. The molecule has 8 heteroatoms. The Bertz CT molecular complexity index is 1080. The molecule has 7 nitrogen and oxygen atoms in total. The summed E-state index contributed by atoms with van der Waals surface area (Å²) in [4.78, 5) is 25.5. The molecule has 1 aromatic heterocycles. The lowest BCUT2D eigenvalue weighted by atomic mass is 10.2. The highest BCUT2D eigenvalue weighted by Gasteiger charge is 2.23. The number of carbonyl (C=O) groups is 1. The predicted octanol–water partition coefficient (Wildman–Crippen LogP) is 3.70. The second-order valence-corrected chi connectivity index (χ2v) is 7.77. The minimum Gasteiger partial charge on any atom is -0.481 e. The number of amides is 1. The lowest BCUT2D eigenvalue weighted by Crippen LogP contribution is -2.50. The van der Waals surface area contributed by atoms with Gasteiger partial charge in [0.15, 0.2) is 18.2 Å². The Labute approximate surface area is 186 Å². The Morgan fingerprint density at radius 1 is 1.03 bits per heavy atom. The Hall–Kier alpha value is -3.68. The zero-order chi connectivity index (χ0) is 22.5. The number of aromatic nitrogens is 2. The van der Waals surface area contributed by atoms with Gasteiger partial charge in [0.25, 0.3) is 5.91 Å². The van der Waals surface area contributed by atoms with Crippen LogP contribution in [-0.2, 0) is 4.79 Å². The smallest absolute Gasteiger partial charge is 0.260 e. The van der Waals surface area contributed by atoms with Crippen LogP contribution in [0.15, 0.2) is 54.6 Å².